The van der Waals surface area contributed by atoms with Crippen LogP contribution in [0, 0.1) is 0 Å². The number of pyridine rings is 1. The van der Waals surface area contributed by atoms with Gasteiger partial charge in [0, 0.05) is 18.0 Å². The Bertz CT molecular complexity index is 749. The van der Waals surface area contributed by atoms with Gasteiger partial charge in [0.25, 0.3) is 0 Å². The SMILES string of the molecule is O=C(O)c1ccc(Cn2cc(-c3ccccc3)cn2)nc1. The highest BCUT2D eigenvalue weighted by Crippen LogP contribution is 2.17. The Balaban J connectivity index is 1.77. The zero-order valence-electron chi connectivity index (χ0n) is 11.2. The van der Waals surface area contributed by atoms with Gasteiger partial charge in [-0.05, 0) is 17.7 Å². The maximum absolute atomic E-state index is 10.8. The second-order valence-electron chi connectivity index (χ2n) is 4.64. The minimum atomic E-state index is -0.973. The van der Waals surface area contributed by atoms with Gasteiger partial charge in [0.15, 0.2) is 0 Å². The Hall–Kier alpha value is -2.95. The average molecular weight is 279 g/mol. The molecule has 5 heteroatoms. The molecule has 0 bridgehead atoms. The molecule has 0 saturated heterocycles. The Kier molecular flexibility index (Phi) is 3.47. The molecule has 0 spiro atoms. The first-order valence-corrected chi connectivity index (χ1v) is 6.48. The lowest BCUT2D eigenvalue weighted by molar-refractivity contribution is 0.0696. The van der Waals surface area contributed by atoms with Crippen LogP contribution in [0.5, 0.6) is 0 Å². The zero-order chi connectivity index (χ0) is 14.7. The van der Waals surface area contributed by atoms with Gasteiger partial charge in [-0.1, -0.05) is 30.3 Å². The van der Waals surface area contributed by atoms with E-state index in [0.717, 1.165) is 16.8 Å². The van der Waals surface area contributed by atoms with Gasteiger partial charge < -0.3 is 5.11 Å². The number of benzene rings is 1. The molecule has 5 nitrogen and oxygen atoms in total. The van der Waals surface area contributed by atoms with Gasteiger partial charge in [0.05, 0.1) is 24.0 Å². The Morgan fingerprint density at radius 1 is 1.05 bits per heavy atom. The maximum atomic E-state index is 10.8. The third-order valence-electron chi connectivity index (χ3n) is 3.14. The third-order valence-corrected chi connectivity index (χ3v) is 3.14. The van der Waals surface area contributed by atoms with Crippen molar-refractivity contribution in [2.45, 2.75) is 6.54 Å². The minimum Gasteiger partial charge on any atom is -0.478 e. The zero-order valence-corrected chi connectivity index (χ0v) is 11.2. The number of hydrogen-bond acceptors (Lipinski definition) is 3. The Morgan fingerprint density at radius 3 is 2.52 bits per heavy atom. The lowest BCUT2D eigenvalue weighted by atomic mass is 10.1. The van der Waals surface area contributed by atoms with E-state index in [1.165, 1.54) is 6.20 Å². The molecular weight excluding hydrogens is 266 g/mol. The van der Waals surface area contributed by atoms with Crippen LogP contribution in [0.15, 0.2) is 61.1 Å². The van der Waals surface area contributed by atoms with Crippen molar-refractivity contribution in [3.63, 3.8) is 0 Å². The summed E-state index contributed by atoms with van der Waals surface area (Å²) in [6.45, 7) is 0.507. The molecule has 3 aromatic rings. The molecule has 21 heavy (non-hydrogen) atoms. The van der Waals surface area contributed by atoms with E-state index in [1.807, 2.05) is 36.5 Å². The number of carboxylic acid groups (broad SMARTS) is 1. The summed E-state index contributed by atoms with van der Waals surface area (Å²) < 4.78 is 1.78. The van der Waals surface area contributed by atoms with Crippen LogP contribution in [0.3, 0.4) is 0 Å². The summed E-state index contributed by atoms with van der Waals surface area (Å²) in [7, 11) is 0. The minimum absolute atomic E-state index is 0.184. The van der Waals surface area contributed by atoms with Gasteiger partial charge in [0.1, 0.15) is 0 Å². The van der Waals surface area contributed by atoms with Crippen molar-refractivity contribution in [1.82, 2.24) is 14.8 Å². The maximum Gasteiger partial charge on any atom is 0.337 e. The van der Waals surface area contributed by atoms with Crippen LogP contribution in [-0.4, -0.2) is 25.8 Å². The molecule has 2 heterocycles. The first kappa shape index (κ1) is 13.1. The number of carboxylic acids is 1. The average Bonchev–Trinajstić information content (AvgIpc) is 2.97. The van der Waals surface area contributed by atoms with E-state index in [4.69, 9.17) is 5.11 Å². The highest BCUT2D eigenvalue weighted by molar-refractivity contribution is 5.87. The lowest BCUT2D eigenvalue weighted by Gasteiger charge is -2.01. The molecule has 104 valence electrons. The van der Waals surface area contributed by atoms with Gasteiger partial charge >= 0.3 is 5.97 Å². The normalized spacial score (nSPS) is 10.5. The topological polar surface area (TPSA) is 68.0 Å². The summed E-state index contributed by atoms with van der Waals surface area (Å²) in [6.07, 6.45) is 5.11. The Labute approximate surface area is 121 Å². The fourth-order valence-electron chi connectivity index (χ4n) is 2.04. The van der Waals surface area contributed by atoms with E-state index in [-0.39, 0.29) is 5.56 Å². The van der Waals surface area contributed by atoms with E-state index in [9.17, 15) is 4.79 Å². The monoisotopic (exact) mass is 279 g/mol. The molecule has 0 unspecified atom stereocenters. The van der Waals surface area contributed by atoms with Gasteiger partial charge in [-0.2, -0.15) is 5.10 Å². The summed E-state index contributed by atoms with van der Waals surface area (Å²) in [5.41, 5.74) is 3.10. The van der Waals surface area contributed by atoms with Crippen molar-refractivity contribution in [1.29, 1.82) is 0 Å². The summed E-state index contributed by atoms with van der Waals surface area (Å²) in [5, 5.41) is 13.1. The molecule has 0 radical (unpaired) electrons. The highest BCUT2D eigenvalue weighted by Gasteiger charge is 2.05. The molecule has 0 saturated carbocycles. The molecule has 0 atom stereocenters. The molecule has 2 aromatic heterocycles. The highest BCUT2D eigenvalue weighted by atomic mass is 16.4. The largest absolute Gasteiger partial charge is 0.478 e. The molecule has 1 aromatic carbocycles. The number of aromatic carboxylic acids is 1. The van der Waals surface area contributed by atoms with Crippen molar-refractivity contribution in [3.05, 3.63) is 72.3 Å². The van der Waals surface area contributed by atoms with Crippen molar-refractivity contribution in [2.75, 3.05) is 0 Å². The fraction of sp³-hybridized carbons (Fsp3) is 0.0625. The van der Waals surface area contributed by atoms with Crippen molar-refractivity contribution in [3.8, 4) is 11.1 Å². The van der Waals surface area contributed by atoms with Crippen LogP contribution < -0.4 is 0 Å². The number of hydrogen-bond donors (Lipinski definition) is 1. The quantitative estimate of drug-likeness (QED) is 0.797. The van der Waals surface area contributed by atoms with E-state index in [2.05, 4.69) is 10.1 Å². The van der Waals surface area contributed by atoms with Crippen LogP contribution >= 0.6 is 0 Å². The fourth-order valence-corrected chi connectivity index (χ4v) is 2.04. The molecule has 0 fully saturated rings. The van der Waals surface area contributed by atoms with Crippen LogP contribution in [0.25, 0.3) is 11.1 Å². The standard InChI is InChI=1S/C16H13N3O2/c20-16(21)13-6-7-15(17-8-13)11-19-10-14(9-18-19)12-4-2-1-3-5-12/h1-10H,11H2,(H,20,21). The number of rotatable bonds is 4. The second-order valence-corrected chi connectivity index (χ2v) is 4.64. The van der Waals surface area contributed by atoms with Gasteiger partial charge in [-0.25, -0.2) is 4.79 Å². The Morgan fingerprint density at radius 2 is 1.86 bits per heavy atom. The molecule has 0 aliphatic carbocycles. The molecule has 0 aliphatic heterocycles. The summed E-state index contributed by atoms with van der Waals surface area (Å²) in [4.78, 5) is 14.9. The summed E-state index contributed by atoms with van der Waals surface area (Å²) in [6, 6.07) is 13.3. The van der Waals surface area contributed by atoms with Crippen LogP contribution in [0.1, 0.15) is 16.1 Å². The van der Waals surface area contributed by atoms with E-state index < -0.39 is 5.97 Å². The van der Waals surface area contributed by atoms with Crippen molar-refractivity contribution < 1.29 is 9.90 Å². The van der Waals surface area contributed by atoms with E-state index >= 15 is 0 Å². The molecule has 0 aliphatic rings. The van der Waals surface area contributed by atoms with Gasteiger partial charge in [-0.3, -0.25) is 9.67 Å². The van der Waals surface area contributed by atoms with Crippen LogP contribution in [0.2, 0.25) is 0 Å². The predicted octanol–water partition coefficient (Wildman–Crippen LogP) is 2.69. The van der Waals surface area contributed by atoms with Gasteiger partial charge in [0.2, 0.25) is 0 Å². The molecule has 3 rings (SSSR count). The number of nitrogens with zero attached hydrogens (tertiary/aromatic N) is 3. The molecular formula is C16H13N3O2. The van der Waals surface area contributed by atoms with Crippen LogP contribution in [0.4, 0.5) is 0 Å². The smallest absolute Gasteiger partial charge is 0.337 e. The van der Waals surface area contributed by atoms with Crippen LogP contribution in [-0.2, 0) is 6.54 Å². The van der Waals surface area contributed by atoms with Crippen molar-refractivity contribution in [2.24, 2.45) is 0 Å². The first-order valence-electron chi connectivity index (χ1n) is 6.48. The summed E-state index contributed by atoms with van der Waals surface area (Å²) in [5.74, 6) is -0.973. The van der Waals surface area contributed by atoms with E-state index in [0.29, 0.717) is 6.54 Å². The number of carbonyl (C=O) groups is 1. The number of aromatic nitrogens is 3. The van der Waals surface area contributed by atoms with E-state index in [1.54, 1.807) is 23.0 Å². The van der Waals surface area contributed by atoms with Gasteiger partial charge in [-0.15, -0.1) is 0 Å². The predicted molar refractivity (Wildman–Crippen MR) is 78.0 cm³/mol. The summed E-state index contributed by atoms with van der Waals surface area (Å²) >= 11 is 0. The van der Waals surface area contributed by atoms with Crippen molar-refractivity contribution >= 4 is 5.97 Å². The third kappa shape index (κ3) is 2.97. The molecule has 1 N–H and O–H groups in total. The lowest BCUT2D eigenvalue weighted by Crippen LogP contribution is -2.04. The molecule has 0 amide bonds. The second kappa shape index (κ2) is 5.58. The first-order chi connectivity index (χ1) is 10.2.